The Bertz CT molecular complexity index is 2200. The third kappa shape index (κ3) is 7.93. The molecule has 0 unspecified atom stereocenters. The Labute approximate surface area is 335 Å². The molecule has 322 valence electrons. The van der Waals surface area contributed by atoms with Gasteiger partial charge in [0.05, 0.1) is 11.8 Å². The van der Waals surface area contributed by atoms with Crippen LogP contribution in [0.5, 0.6) is 17.4 Å². The van der Waals surface area contributed by atoms with Crippen molar-refractivity contribution in [3.63, 3.8) is 0 Å². The minimum Gasteiger partial charge on any atom is -0.472 e. The number of fused-ring (bicyclic) bond motifs is 5. The SMILES string of the molecule is C[C@@H]1CCC=C[C@@H]2C[C@@]2(C(=O)NS(=O)(=O)C2CC2)NC(=O)[C@@H]2C[C@@H](Oc3nccc4c5c(ccc34)OC(F)(F)O5)CN2C(=O)[C@@H](N(C(=O)O)C(C)(C)C(F)(F)F)[C@H](C)C1. The van der Waals surface area contributed by atoms with E-state index in [4.69, 9.17) is 9.47 Å². The molecule has 2 aliphatic carbocycles. The van der Waals surface area contributed by atoms with Crippen LogP contribution < -0.4 is 24.2 Å². The Kier molecular flexibility index (Phi) is 10.5. The molecule has 21 heteroatoms. The number of carbonyl (C=O) groups is 4. The second kappa shape index (κ2) is 14.6. The molecule has 3 N–H and O–H groups in total. The Morgan fingerprint density at radius 2 is 1.78 bits per heavy atom. The van der Waals surface area contributed by atoms with Crippen LogP contribution in [-0.2, 0) is 24.4 Å². The van der Waals surface area contributed by atoms with Crippen LogP contribution in [0, 0.1) is 17.8 Å². The number of hydrogen-bond acceptors (Lipinski definition) is 10. The lowest BCUT2D eigenvalue weighted by molar-refractivity contribution is -0.286. The van der Waals surface area contributed by atoms with E-state index in [2.05, 4.69) is 19.8 Å². The maximum absolute atomic E-state index is 15.0. The zero-order valence-corrected chi connectivity index (χ0v) is 33.2. The third-order valence-electron chi connectivity index (χ3n) is 11.9. The van der Waals surface area contributed by atoms with Crippen LogP contribution in [0.15, 0.2) is 36.5 Å². The lowest BCUT2D eigenvalue weighted by Crippen LogP contribution is -2.66. The number of pyridine rings is 1. The molecule has 2 saturated carbocycles. The molecule has 59 heavy (non-hydrogen) atoms. The van der Waals surface area contributed by atoms with Crippen molar-refractivity contribution in [3.8, 4) is 17.4 Å². The van der Waals surface area contributed by atoms with Crippen molar-refractivity contribution < 1.29 is 68.9 Å². The monoisotopic (exact) mass is 857 g/mol. The summed E-state index contributed by atoms with van der Waals surface area (Å²) in [7, 11) is -4.07. The van der Waals surface area contributed by atoms with E-state index >= 15 is 0 Å². The average molecular weight is 858 g/mol. The zero-order valence-electron chi connectivity index (χ0n) is 32.4. The molecule has 7 rings (SSSR count). The molecule has 3 fully saturated rings. The number of allylic oxidation sites excluding steroid dienone is 1. The fraction of sp³-hybridized carbons (Fsp3) is 0.605. The van der Waals surface area contributed by atoms with Gasteiger partial charge in [0.15, 0.2) is 11.5 Å². The highest BCUT2D eigenvalue weighted by Crippen LogP contribution is 2.48. The van der Waals surface area contributed by atoms with Gasteiger partial charge in [-0.15, -0.1) is 8.78 Å². The molecule has 15 nitrogen and oxygen atoms in total. The Balaban J connectivity index is 1.29. The fourth-order valence-electron chi connectivity index (χ4n) is 8.37. The number of nitrogens with one attached hydrogen (secondary N) is 2. The highest BCUT2D eigenvalue weighted by molar-refractivity contribution is 7.91. The first-order valence-corrected chi connectivity index (χ1v) is 20.8. The zero-order chi connectivity index (χ0) is 43.0. The van der Waals surface area contributed by atoms with Crippen LogP contribution in [-0.4, -0.2) is 106 Å². The molecule has 2 aromatic rings. The van der Waals surface area contributed by atoms with E-state index in [-0.39, 0.29) is 58.2 Å². The lowest BCUT2D eigenvalue weighted by atomic mass is 9.85. The summed E-state index contributed by atoms with van der Waals surface area (Å²) in [5, 5.41) is 12.6. The molecule has 7 atom stereocenters. The molecule has 1 aromatic heterocycles. The third-order valence-corrected chi connectivity index (χ3v) is 13.7. The summed E-state index contributed by atoms with van der Waals surface area (Å²) >= 11 is 0. The smallest absolute Gasteiger partial charge is 0.472 e. The number of hydrogen-bond donors (Lipinski definition) is 3. The molecule has 4 amide bonds. The minimum absolute atomic E-state index is 0.00128. The maximum Gasteiger partial charge on any atom is 0.586 e. The summed E-state index contributed by atoms with van der Waals surface area (Å²) in [6.07, 6.45) is -6.27. The van der Waals surface area contributed by atoms with Gasteiger partial charge in [-0.3, -0.25) is 24.0 Å². The van der Waals surface area contributed by atoms with E-state index in [1.165, 1.54) is 31.3 Å². The predicted molar refractivity (Wildman–Crippen MR) is 197 cm³/mol. The van der Waals surface area contributed by atoms with Gasteiger partial charge in [-0.05, 0) is 82.4 Å². The van der Waals surface area contributed by atoms with Crippen LogP contribution in [0.25, 0.3) is 10.8 Å². The standard InChI is InChI=1S/C38H44F5N5O10S/c1-19-7-5-6-8-21-17-36(21,33(51)46-59(54,55)23-9-10-23)45-30(49)26-16-22(56-31-25-11-12-27-29(24(25)13-14-44-31)58-38(42,43)57-27)18-47(26)32(50)28(20(2)15-19)48(34(52)53)35(3,4)37(39,40)41/h6,8,11-14,19-23,26,28H,5,7,9-10,15-18H2,1-4H3,(H,45,49)(H,46,51)(H,52,53)/t19-,20-,21-,22-,26+,28+,36-/m1/s1. The van der Waals surface area contributed by atoms with Crippen LogP contribution in [0.2, 0.25) is 0 Å². The molecular weight excluding hydrogens is 814 g/mol. The van der Waals surface area contributed by atoms with E-state index in [9.17, 15) is 54.7 Å². The summed E-state index contributed by atoms with van der Waals surface area (Å²) < 4.78 is 115. The predicted octanol–water partition coefficient (Wildman–Crippen LogP) is 5.09. The van der Waals surface area contributed by atoms with Crippen LogP contribution in [0.1, 0.15) is 72.6 Å². The summed E-state index contributed by atoms with van der Waals surface area (Å²) in [4.78, 5) is 61.3. The van der Waals surface area contributed by atoms with Crippen molar-refractivity contribution in [3.05, 3.63) is 36.5 Å². The molecule has 0 radical (unpaired) electrons. The molecular formula is C38H44F5N5O10S. The van der Waals surface area contributed by atoms with E-state index in [0.717, 1.165) is 4.90 Å². The fourth-order valence-corrected chi connectivity index (χ4v) is 9.73. The molecule has 5 aliphatic rings. The van der Waals surface area contributed by atoms with Crippen molar-refractivity contribution in [2.45, 2.75) is 120 Å². The minimum atomic E-state index is -5.15. The quantitative estimate of drug-likeness (QED) is 0.248. The number of ether oxygens (including phenoxy) is 3. The van der Waals surface area contributed by atoms with Crippen molar-refractivity contribution in [2.24, 2.45) is 17.8 Å². The maximum atomic E-state index is 15.0. The summed E-state index contributed by atoms with van der Waals surface area (Å²) in [5.41, 5.74) is -4.86. The first-order chi connectivity index (χ1) is 27.5. The van der Waals surface area contributed by atoms with Gasteiger partial charge in [0.25, 0.3) is 5.91 Å². The van der Waals surface area contributed by atoms with E-state index in [1.54, 1.807) is 19.1 Å². The normalized spacial score (nSPS) is 29.7. The van der Waals surface area contributed by atoms with Crippen LogP contribution in [0.4, 0.5) is 26.7 Å². The van der Waals surface area contributed by atoms with Gasteiger partial charge in [-0.2, -0.15) is 13.2 Å². The van der Waals surface area contributed by atoms with E-state index < -0.39 is 99.2 Å². The van der Waals surface area contributed by atoms with Gasteiger partial charge >= 0.3 is 18.6 Å². The average Bonchev–Trinajstić information content (AvgIpc) is 4.03. The van der Waals surface area contributed by atoms with E-state index in [1.807, 2.05) is 0 Å². The van der Waals surface area contributed by atoms with E-state index in [0.29, 0.717) is 39.5 Å². The topological polar surface area (TPSA) is 194 Å². The molecule has 0 bridgehead atoms. The Morgan fingerprint density at radius 1 is 1.07 bits per heavy atom. The molecule has 0 spiro atoms. The van der Waals surface area contributed by atoms with Crippen molar-refractivity contribution in [1.29, 1.82) is 0 Å². The number of sulfonamides is 1. The number of benzene rings is 1. The number of amides is 4. The number of alkyl halides is 5. The van der Waals surface area contributed by atoms with Crippen LogP contribution in [0.3, 0.4) is 0 Å². The highest BCUT2D eigenvalue weighted by Gasteiger charge is 2.63. The number of carbonyl (C=O) groups excluding carboxylic acids is 3. The summed E-state index contributed by atoms with van der Waals surface area (Å²) in [5.74, 6) is -5.73. The van der Waals surface area contributed by atoms with Gasteiger partial charge in [0, 0.05) is 29.3 Å². The van der Waals surface area contributed by atoms with Gasteiger partial charge in [-0.25, -0.2) is 18.2 Å². The summed E-state index contributed by atoms with van der Waals surface area (Å²) in [6.45, 7) is 4.07. The second-order valence-electron chi connectivity index (χ2n) is 16.7. The molecule has 3 aliphatic heterocycles. The van der Waals surface area contributed by atoms with Gasteiger partial charge in [-0.1, -0.05) is 26.0 Å². The number of halogens is 5. The van der Waals surface area contributed by atoms with Gasteiger partial charge in [0.2, 0.25) is 27.7 Å². The highest BCUT2D eigenvalue weighted by atomic mass is 32.2. The first-order valence-electron chi connectivity index (χ1n) is 19.2. The number of nitrogens with zero attached hydrogens (tertiary/aromatic N) is 3. The number of aromatic nitrogens is 1. The molecule has 4 heterocycles. The van der Waals surface area contributed by atoms with Crippen LogP contribution >= 0.6 is 0 Å². The summed E-state index contributed by atoms with van der Waals surface area (Å²) in [6, 6.07) is 0.375. The van der Waals surface area contributed by atoms with Crippen molar-refractivity contribution >= 4 is 44.6 Å². The number of carboxylic acid groups (broad SMARTS) is 1. The molecule has 1 aromatic carbocycles. The van der Waals surface area contributed by atoms with Gasteiger partial charge < -0.3 is 29.5 Å². The Morgan fingerprint density at radius 3 is 2.44 bits per heavy atom. The molecule has 1 saturated heterocycles. The van der Waals surface area contributed by atoms with Gasteiger partial charge in [0.1, 0.15) is 29.3 Å². The Hall–Kier alpha value is -4.95. The second-order valence-corrected chi connectivity index (χ2v) is 18.6. The number of rotatable bonds is 7. The lowest BCUT2D eigenvalue weighted by Gasteiger charge is -2.45. The van der Waals surface area contributed by atoms with Crippen molar-refractivity contribution in [2.75, 3.05) is 6.54 Å². The largest absolute Gasteiger partial charge is 0.586 e. The first kappa shape index (κ1) is 42.2. The van der Waals surface area contributed by atoms with Crippen molar-refractivity contribution in [1.82, 2.24) is 24.8 Å².